The SMILES string of the molecule is O=C(NCCC[C@H](NC(=O)c1ccc2ccccc2n1)C(=O)N[C@H]1CCC[C@H]1C(=O)O)OCc1ccccc1. The molecule has 3 atom stereocenters. The van der Waals surface area contributed by atoms with Crippen molar-refractivity contribution in [2.75, 3.05) is 6.54 Å². The van der Waals surface area contributed by atoms with E-state index in [1.807, 2.05) is 48.5 Å². The van der Waals surface area contributed by atoms with Gasteiger partial charge in [0.25, 0.3) is 5.91 Å². The third-order valence-corrected chi connectivity index (χ3v) is 6.77. The minimum Gasteiger partial charge on any atom is -0.481 e. The molecule has 1 aliphatic rings. The lowest BCUT2D eigenvalue weighted by Crippen LogP contribution is -2.51. The molecular formula is C29H32N4O6. The van der Waals surface area contributed by atoms with Gasteiger partial charge in [-0.25, -0.2) is 9.78 Å². The van der Waals surface area contributed by atoms with E-state index in [9.17, 15) is 24.3 Å². The predicted octanol–water partition coefficient (Wildman–Crippen LogP) is 3.41. The second-order valence-corrected chi connectivity index (χ2v) is 9.54. The Morgan fingerprint density at radius 2 is 1.74 bits per heavy atom. The third-order valence-electron chi connectivity index (χ3n) is 6.77. The van der Waals surface area contributed by atoms with E-state index in [1.165, 1.54) is 0 Å². The first-order valence-electron chi connectivity index (χ1n) is 13.0. The van der Waals surface area contributed by atoms with Crippen molar-refractivity contribution in [1.29, 1.82) is 0 Å². The second kappa shape index (κ2) is 13.4. The third kappa shape index (κ3) is 7.76. The summed E-state index contributed by atoms with van der Waals surface area (Å²) in [4.78, 5) is 54.2. The average Bonchev–Trinajstić information content (AvgIpc) is 3.42. The molecule has 204 valence electrons. The molecule has 0 spiro atoms. The van der Waals surface area contributed by atoms with Crippen molar-refractivity contribution >= 4 is 34.8 Å². The number of benzene rings is 2. The fourth-order valence-electron chi connectivity index (χ4n) is 4.68. The highest BCUT2D eigenvalue weighted by atomic mass is 16.5. The van der Waals surface area contributed by atoms with Crippen molar-refractivity contribution < 1.29 is 29.0 Å². The molecule has 1 aromatic heterocycles. The molecule has 10 heteroatoms. The number of carboxylic acids is 1. The number of hydrogen-bond donors (Lipinski definition) is 4. The topological polar surface area (TPSA) is 147 Å². The summed E-state index contributed by atoms with van der Waals surface area (Å²) in [6.07, 6.45) is 1.76. The molecule has 0 saturated heterocycles. The summed E-state index contributed by atoms with van der Waals surface area (Å²) in [7, 11) is 0. The minimum absolute atomic E-state index is 0.138. The lowest BCUT2D eigenvalue weighted by Gasteiger charge is -2.23. The van der Waals surface area contributed by atoms with Crippen LogP contribution in [0.1, 0.15) is 48.2 Å². The van der Waals surface area contributed by atoms with Gasteiger partial charge in [0, 0.05) is 18.0 Å². The first-order chi connectivity index (χ1) is 18.9. The van der Waals surface area contributed by atoms with Gasteiger partial charge in [-0.15, -0.1) is 0 Å². The van der Waals surface area contributed by atoms with Crippen LogP contribution in [0.4, 0.5) is 4.79 Å². The number of carboxylic acid groups (broad SMARTS) is 1. The number of aromatic nitrogens is 1. The van der Waals surface area contributed by atoms with Crippen molar-refractivity contribution in [1.82, 2.24) is 20.9 Å². The lowest BCUT2D eigenvalue weighted by molar-refractivity contribution is -0.142. The van der Waals surface area contributed by atoms with Gasteiger partial charge in [-0.2, -0.15) is 0 Å². The number of aliphatic carboxylic acids is 1. The van der Waals surface area contributed by atoms with Crippen LogP contribution in [-0.4, -0.2) is 52.6 Å². The number of fused-ring (bicyclic) bond motifs is 1. The van der Waals surface area contributed by atoms with Crippen molar-refractivity contribution in [3.05, 3.63) is 78.0 Å². The number of carbonyl (C=O) groups excluding carboxylic acids is 3. The van der Waals surface area contributed by atoms with E-state index in [1.54, 1.807) is 18.2 Å². The Bertz CT molecular complexity index is 1320. The molecule has 4 rings (SSSR count). The van der Waals surface area contributed by atoms with Crippen LogP contribution in [0.25, 0.3) is 10.9 Å². The Labute approximate surface area is 226 Å². The summed E-state index contributed by atoms with van der Waals surface area (Å²) in [5.41, 5.74) is 1.68. The molecule has 39 heavy (non-hydrogen) atoms. The Morgan fingerprint density at radius 3 is 2.54 bits per heavy atom. The number of hydrogen-bond acceptors (Lipinski definition) is 6. The van der Waals surface area contributed by atoms with E-state index >= 15 is 0 Å². The predicted molar refractivity (Wildman–Crippen MR) is 144 cm³/mol. The Hall–Kier alpha value is -4.47. The average molecular weight is 533 g/mol. The number of nitrogens with zero attached hydrogens (tertiary/aromatic N) is 1. The van der Waals surface area contributed by atoms with Crippen LogP contribution < -0.4 is 16.0 Å². The van der Waals surface area contributed by atoms with E-state index in [0.717, 1.165) is 10.9 Å². The maximum absolute atomic E-state index is 13.2. The molecule has 1 saturated carbocycles. The highest BCUT2D eigenvalue weighted by molar-refractivity contribution is 5.98. The van der Waals surface area contributed by atoms with E-state index in [-0.39, 0.29) is 25.3 Å². The molecule has 1 heterocycles. The number of alkyl carbamates (subject to hydrolysis) is 1. The number of nitrogens with one attached hydrogen (secondary N) is 3. The van der Waals surface area contributed by atoms with Gasteiger partial charge in [0.05, 0.1) is 11.4 Å². The number of rotatable bonds is 11. The monoisotopic (exact) mass is 532 g/mol. The van der Waals surface area contributed by atoms with Crippen molar-refractivity contribution in [2.24, 2.45) is 5.92 Å². The molecule has 0 bridgehead atoms. The van der Waals surface area contributed by atoms with Crippen molar-refractivity contribution in [3.8, 4) is 0 Å². The van der Waals surface area contributed by atoms with Crippen LogP contribution >= 0.6 is 0 Å². The van der Waals surface area contributed by atoms with Gasteiger partial charge in [0.15, 0.2) is 0 Å². The van der Waals surface area contributed by atoms with Crippen LogP contribution in [-0.2, 0) is 20.9 Å². The van der Waals surface area contributed by atoms with Gasteiger partial charge in [-0.1, -0.05) is 61.0 Å². The van der Waals surface area contributed by atoms with Gasteiger partial charge in [0.2, 0.25) is 5.91 Å². The van der Waals surface area contributed by atoms with Crippen LogP contribution in [0.15, 0.2) is 66.7 Å². The molecule has 1 fully saturated rings. The fraction of sp³-hybridized carbons (Fsp3) is 0.345. The van der Waals surface area contributed by atoms with Crippen LogP contribution in [0.2, 0.25) is 0 Å². The highest BCUT2D eigenvalue weighted by Gasteiger charge is 2.35. The zero-order valence-corrected chi connectivity index (χ0v) is 21.5. The Morgan fingerprint density at radius 1 is 0.974 bits per heavy atom. The number of para-hydroxylation sites is 1. The number of ether oxygens (including phenoxy) is 1. The molecule has 0 aliphatic heterocycles. The maximum Gasteiger partial charge on any atom is 0.407 e. The number of pyridine rings is 1. The summed E-state index contributed by atoms with van der Waals surface area (Å²) in [6, 6.07) is 18.6. The first kappa shape index (κ1) is 27.6. The van der Waals surface area contributed by atoms with Crippen molar-refractivity contribution in [3.63, 3.8) is 0 Å². The molecule has 10 nitrogen and oxygen atoms in total. The van der Waals surface area contributed by atoms with E-state index < -0.39 is 41.9 Å². The molecule has 2 aromatic carbocycles. The summed E-state index contributed by atoms with van der Waals surface area (Å²) in [5, 5.41) is 18.6. The summed E-state index contributed by atoms with van der Waals surface area (Å²) in [6.45, 7) is 0.362. The van der Waals surface area contributed by atoms with E-state index in [4.69, 9.17) is 4.74 Å². The molecule has 3 aromatic rings. The second-order valence-electron chi connectivity index (χ2n) is 9.54. The van der Waals surface area contributed by atoms with Gasteiger partial charge < -0.3 is 25.8 Å². The zero-order chi connectivity index (χ0) is 27.6. The van der Waals surface area contributed by atoms with Gasteiger partial charge in [-0.3, -0.25) is 14.4 Å². The molecule has 0 radical (unpaired) electrons. The maximum atomic E-state index is 13.2. The molecule has 0 unspecified atom stereocenters. The van der Waals surface area contributed by atoms with Gasteiger partial charge >= 0.3 is 12.1 Å². The highest BCUT2D eigenvalue weighted by Crippen LogP contribution is 2.26. The standard InChI is InChI=1S/C29H32N4O6/c34-26(32-23-13-6-11-21(23)28(36)37)24(14-7-17-30-29(38)39-18-19-8-2-1-3-9-19)33-27(35)25-16-15-20-10-4-5-12-22(20)31-25/h1-5,8-10,12,15-16,21,23-24H,6-7,11,13-14,17-18H2,(H,30,38)(H,32,34)(H,33,35)(H,36,37)/t21-,23+,24+/m1/s1. The quantitative estimate of drug-likeness (QED) is 0.277. The van der Waals surface area contributed by atoms with E-state index in [0.29, 0.717) is 31.2 Å². The fourth-order valence-corrected chi connectivity index (χ4v) is 4.68. The van der Waals surface area contributed by atoms with E-state index in [2.05, 4.69) is 20.9 Å². The summed E-state index contributed by atoms with van der Waals surface area (Å²) in [5.74, 6) is -2.59. The largest absolute Gasteiger partial charge is 0.481 e. The lowest BCUT2D eigenvalue weighted by atomic mass is 10.0. The molecule has 3 amide bonds. The number of amides is 3. The summed E-state index contributed by atoms with van der Waals surface area (Å²) < 4.78 is 5.20. The normalized spacial score (nSPS) is 17.2. The van der Waals surface area contributed by atoms with Gasteiger partial charge in [0.1, 0.15) is 18.3 Å². The zero-order valence-electron chi connectivity index (χ0n) is 21.5. The summed E-state index contributed by atoms with van der Waals surface area (Å²) >= 11 is 0. The minimum atomic E-state index is -0.947. The number of carbonyl (C=O) groups is 4. The van der Waals surface area contributed by atoms with Crippen LogP contribution in [0, 0.1) is 5.92 Å². The van der Waals surface area contributed by atoms with Crippen molar-refractivity contribution in [2.45, 2.75) is 50.8 Å². The van der Waals surface area contributed by atoms with Crippen LogP contribution in [0.5, 0.6) is 0 Å². The van der Waals surface area contributed by atoms with Crippen LogP contribution in [0.3, 0.4) is 0 Å². The van der Waals surface area contributed by atoms with Gasteiger partial charge in [-0.05, 0) is 43.4 Å². The smallest absolute Gasteiger partial charge is 0.407 e. The molecule has 1 aliphatic carbocycles. The molecular weight excluding hydrogens is 500 g/mol. The first-order valence-corrected chi connectivity index (χ1v) is 13.0. The molecule has 4 N–H and O–H groups in total. The Balaban J connectivity index is 1.35. The Kier molecular flexibility index (Phi) is 9.44.